The van der Waals surface area contributed by atoms with Gasteiger partial charge in [-0.05, 0) is 72.3 Å². The van der Waals surface area contributed by atoms with Gasteiger partial charge in [0.2, 0.25) is 0 Å². The number of benzene rings is 7. The summed E-state index contributed by atoms with van der Waals surface area (Å²) in [4.78, 5) is 7.00. The molecular weight excluding hydrogens is 615 g/mol. The molecule has 5 heteroatoms. The minimum absolute atomic E-state index is 0.810. The summed E-state index contributed by atoms with van der Waals surface area (Å²) in [5.41, 5.74) is 11.1. The van der Waals surface area contributed by atoms with Gasteiger partial charge in [-0.15, -0.1) is 0 Å². The Morgan fingerprint density at radius 1 is 0.560 bits per heavy atom. The first kappa shape index (κ1) is 27.1. The SMILES string of the molecule is c1ccc2c(c1)Oc1c(N(c3ccc(-c4cccc5cccnc45)cc3)c3ccc4c(c3)oc3ccccc34)ccc3c4ccccc4n-2c13. The normalized spacial score (nSPS) is 12.2. The van der Waals surface area contributed by atoms with E-state index in [9.17, 15) is 0 Å². The number of furan rings is 1. The van der Waals surface area contributed by atoms with E-state index in [1.807, 2.05) is 36.5 Å². The van der Waals surface area contributed by atoms with Gasteiger partial charge in [-0.3, -0.25) is 4.98 Å². The van der Waals surface area contributed by atoms with Crippen LogP contribution in [0.4, 0.5) is 17.1 Å². The fourth-order valence-corrected chi connectivity index (χ4v) is 7.79. The van der Waals surface area contributed by atoms with Gasteiger partial charge in [-0.2, -0.15) is 0 Å². The Hall–Kier alpha value is -6.85. The largest absolute Gasteiger partial charge is 0.456 e. The number of rotatable bonds is 4. The minimum atomic E-state index is 0.810. The van der Waals surface area contributed by atoms with Gasteiger partial charge in [0.25, 0.3) is 0 Å². The molecule has 0 amide bonds. The molecule has 0 aliphatic carbocycles. The lowest BCUT2D eigenvalue weighted by molar-refractivity contribution is 0.477. The van der Waals surface area contributed by atoms with E-state index in [0.29, 0.717) is 0 Å². The molecular formula is C45H27N3O2. The van der Waals surface area contributed by atoms with Crippen LogP contribution in [0.1, 0.15) is 0 Å². The number of fused-ring (bicyclic) bond motifs is 9. The van der Waals surface area contributed by atoms with Crippen molar-refractivity contribution >= 4 is 71.7 Å². The summed E-state index contributed by atoms with van der Waals surface area (Å²) in [5.74, 6) is 1.63. The van der Waals surface area contributed by atoms with Crippen molar-refractivity contribution in [1.82, 2.24) is 9.55 Å². The van der Waals surface area contributed by atoms with E-state index in [2.05, 4.69) is 137 Å². The third-order valence-corrected chi connectivity index (χ3v) is 10.0. The first-order valence-electron chi connectivity index (χ1n) is 16.8. The predicted octanol–water partition coefficient (Wildman–Crippen LogP) is 12.5. The average molecular weight is 642 g/mol. The van der Waals surface area contributed by atoms with Gasteiger partial charge >= 0.3 is 0 Å². The van der Waals surface area contributed by atoms with Gasteiger partial charge in [-0.1, -0.05) is 84.9 Å². The first-order valence-corrected chi connectivity index (χ1v) is 16.8. The molecule has 4 heterocycles. The molecule has 0 atom stereocenters. The molecule has 0 spiro atoms. The summed E-state index contributed by atoms with van der Waals surface area (Å²) >= 11 is 0. The van der Waals surface area contributed by atoms with Crippen LogP contribution in [0.15, 0.2) is 168 Å². The lowest BCUT2D eigenvalue weighted by Crippen LogP contribution is -2.13. The van der Waals surface area contributed by atoms with Gasteiger partial charge in [0.1, 0.15) is 11.2 Å². The molecule has 1 aliphatic heterocycles. The second-order valence-electron chi connectivity index (χ2n) is 12.8. The van der Waals surface area contributed by atoms with Gasteiger partial charge in [0, 0.05) is 50.4 Å². The van der Waals surface area contributed by atoms with Crippen LogP contribution in [0.3, 0.4) is 0 Å². The number of pyridine rings is 1. The molecule has 3 aromatic heterocycles. The van der Waals surface area contributed by atoms with Crippen LogP contribution >= 0.6 is 0 Å². The van der Waals surface area contributed by atoms with Crippen molar-refractivity contribution in [2.45, 2.75) is 0 Å². The minimum Gasteiger partial charge on any atom is -0.456 e. The lowest BCUT2D eigenvalue weighted by atomic mass is 10.0. The molecule has 50 heavy (non-hydrogen) atoms. The molecule has 11 rings (SSSR count). The van der Waals surface area contributed by atoms with Crippen molar-refractivity contribution in [2.75, 3.05) is 4.90 Å². The van der Waals surface area contributed by atoms with Gasteiger partial charge in [0.15, 0.2) is 11.5 Å². The van der Waals surface area contributed by atoms with Gasteiger partial charge in [-0.25, -0.2) is 0 Å². The number of nitrogens with zero attached hydrogens (tertiary/aromatic N) is 3. The quantitative estimate of drug-likeness (QED) is 0.192. The Morgan fingerprint density at radius 3 is 2.26 bits per heavy atom. The van der Waals surface area contributed by atoms with Crippen molar-refractivity contribution in [2.24, 2.45) is 0 Å². The molecule has 0 unspecified atom stereocenters. The number of hydrogen-bond donors (Lipinski definition) is 0. The maximum atomic E-state index is 6.92. The highest BCUT2D eigenvalue weighted by atomic mass is 16.5. The third-order valence-electron chi connectivity index (χ3n) is 10.0. The molecule has 0 N–H and O–H groups in total. The fourth-order valence-electron chi connectivity index (χ4n) is 7.79. The predicted molar refractivity (Wildman–Crippen MR) is 204 cm³/mol. The van der Waals surface area contributed by atoms with Crippen LogP contribution in [0.5, 0.6) is 11.5 Å². The van der Waals surface area contributed by atoms with Crippen LogP contribution < -0.4 is 9.64 Å². The topological polar surface area (TPSA) is 43.4 Å². The molecule has 0 radical (unpaired) electrons. The number of aromatic nitrogens is 2. The van der Waals surface area contributed by atoms with Crippen molar-refractivity contribution in [3.8, 4) is 28.3 Å². The van der Waals surface area contributed by atoms with Gasteiger partial charge < -0.3 is 18.6 Å². The fraction of sp³-hybridized carbons (Fsp3) is 0. The number of para-hydroxylation sites is 5. The zero-order chi connectivity index (χ0) is 32.8. The summed E-state index contributed by atoms with van der Waals surface area (Å²) in [5, 5.41) is 5.66. The van der Waals surface area contributed by atoms with Crippen LogP contribution in [-0.2, 0) is 0 Å². The smallest absolute Gasteiger partial charge is 0.176 e. The number of hydrogen-bond acceptors (Lipinski definition) is 4. The second-order valence-corrected chi connectivity index (χ2v) is 12.8. The van der Waals surface area contributed by atoms with Crippen LogP contribution in [0, 0.1) is 0 Å². The number of anilines is 3. The maximum Gasteiger partial charge on any atom is 0.176 e. The van der Waals surface area contributed by atoms with Crippen LogP contribution in [-0.4, -0.2) is 9.55 Å². The molecule has 0 saturated heterocycles. The molecule has 5 nitrogen and oxygen atoms in total. The zero-order valence-corrected chi connectivity index (χ0v) is 26.7. The van der Waals surface area contributed by atoms with E-state index < -0.39 is 0 Å². The van der Waals surface area contributed by atoms with Crippen molar-refractivity contribution in [1.29, 1.82) is 0 Å². The summed E-state index contributed by atoms with van der Waals surface area (Å²) in [6, 6.07) is 55.1. The molecule has 7 aromatic carbocycles. The second kappa shape index (κ2) is 10.3. The van der Waals surface area contributed by atoms with E-state index >= 15 is 0 Å². The van der Waals surface area contributed by atoms with Crippen molar-refractivity contribution < 1.29 is 9.15 Å². The van der Waals surface area contributed by atoms with E-state index in [1.54, 1.807) is 0 Å². The van der Waals surface area contributed by atoms with Crippen molar-refractivity contribution in [3.05, 3.63) is 164 Å². The monoisotopic (exact) mass is 641 g/mol. The van der Waals surface area contributed by atoms with Crippen molar-refractivity contribution in [3.63, 3.8) is 0 Å². The van der Waals surface area contributed by atoms with Crippen LogP contribution in [0.25, 0.3) is 71.5 Å². The van der Waals surface area contributed by atoms with E-state index in [4.69, 9.17) is 14.1 Å². The molecule has 234 valence electrons. The third kappa shape index (κ3) is 3.86. The summed E-state index contributed by atoms with van der Waals surface area (Å²) in [6.07, 6.45) is 1.86. The number of ether oxygens (including phenoxy) is 1. The summed E-state index contributed by atoms with van der Waals surface area (Å²) < 4.78 is 15.7. The Bertz CT molecular complexity index is 2970. The first-order chi connectivity index (χ1) is 24.8. The Labute approximate surface area is 286 Å². The average Bonchev–Trinajstić information content (AvgIpc) is 3.72. The Morgan fingerprint density at radius 2 is 1.32 bits per heavy atom. The zero-order valence-electron chi connectivity index (χ0n) is 26.7. The highest BCUT2D eigenvalue weighted by Gasteiger charge is 2.29. The molecule has 1 aliphatic rings. The Kier molecular flexibility index (Phi) is 5.60. The van der Waals surface area contributed by atoms with E-state index in [-0.39, 0.29) is 0 Å². The molecule has 0 fully saturated rings. The highest BCUT2D eigenvalue weighted by Crippen LogP contribution is 2.52. The highest BCUT2D eigenvalue weighted by molar-refractivity contribution is 6.14. The molecule has 0 bridgehead atoms. The molecule has 10 aromatic rings. The maximum absolute atomic E-state index is 6.92. The summed E-state index contributed by atoms with van der Waals surface area (Å²) in [7, 11) is 0. The lowest BCUT2D eigenvalue weighted by Gasteiger charge is -2.30. The summed E-state index contributed by atoms with van der Waals surface area (Å²) in [6.45, 7) is 0. The van der Waals surface area contributed by atoms with E-state index in [0.717, 1.165) is 94.6 Å². The van der Waals surface area contributed by atoms with E-state index in [1.165, 1.54) is 5.39 Å². The Balaban J connectivity index is 1.16. The molecule has 0 saturated carbocycles. The van der Waals surface area contributed by atoms with Crippen LogP contribution in [0.2, 0.25) is 0 Å². The van der Waals surface area contributed by atoms with Gasteiger partial charge in [0.05, 0.1) is 33.6 Å². The standard InChI is InChI=1S/C45H27N3O2/c1-3-14-37-33(11-1)36-24-25-39(45-44(36)48(37)38-15-4-6-17-41(38)50-45)47(31-22-23-35-34-12-2-5-16-40(34)49-42(35)27-31)30-20-18-28(19-21-30)32-13-7-9-29-10-8-26-46-43(29)32/h1-27H.